The van der Waals surface area contributed by atoms with Crippen LogP contribution in [0.2, 0.25) is 10.0 Å². The Morgan fingerprint density at radius 2 is 1.57 bits per heavy atom. The van der Waals surface area contributed by atoms with Gasteiger partial charge in [0, 0.05) is 5.56 Å². The first kappa shape index (κ1) is 16.1. The molecule has 3 aromatic rings. The highest BCUT2D eigenvalue weighted by Gasteiger charge is 2.29. The molecule has 3 rings (SSSR count). The van der Waals surface area contributed by atoms with Gasteiger partial charge >= 0.3 is 0 Å². The van der Waals surface area contributed by atoms with Crippen LogP contribution in [-0.2, 0) is 5.60 Å². The Labute approximate surface area is 145 Å². The summed E-state index contributed by atoms with van der Waals surface area (Å²) in [5.74, 6) is 0. The standard InChI is InChI=1S/C18H16Cl2N2O/c1-18(2,23)17-15(20)16(13-10-6-7-11-14(13)19)22(21-17)12-8-4-3-5-9-12/h3-11,23H,1-2H3. The molecule has 0 amide bonds. The van der Waals surface area contributed by atoms with Crippen molar-refractivity contribution in [2.75, 3.05) is 0 Å². The first-order valence-corrected chi connectivity index (χ1v) is 7.97. The summed E-state index contributed by atoms with van der Waals surface area (Å²) in [4.78, 5) is 0. The summed E-state index contributed by atoms with van der Waals surface area (Å²) in [7, 11) is 0. The maximum absolute atomic E-state index is 10.4. The summed E-state index contributed by atoms with van der Waals surface area (Å²) >= 11 is 12.9. The van der Waals surface area contributed by atoms with Crippen LogP contribution < -0.4 is 0 Å². The van der Waals surface area contributed by atoms with Crippen LogP contribution in [0.3, 0.4) is 0 Å². The molecule has 5 heteroatoms. The third-order valence-corrected chi connectivity index (χ3v) is 4.22. The predicted octanol–water partition coefficient (Wildman–Crippen LogP) is 5.07. The minimum absolute atomic E-state index is 0.398. The van der Waals surface area contributed by atoms with Crippen LogP contribution in [0.5, 0.6) is 0 Å². The van der Waals surface area contributed by atoms with Crippen LogP contribution >= 0.6 is 23.2 Å². The average Bonchev–Trinajstić information content (AvgIpc) is 2.86. The van der Waals surface area contributed by atoms with E-state index in [1.165, 1.54) is 0 Å². The number of aliphatic hydroxyl groups is 1. The highest BCUT2D eigenvalue weighted by molar-refractivity contribution is 6.36. The smallest absolute Gasteiger partial charge is 0.113 e. The van der Waals surface area contributed by atoms with Gasteiger partial charge in [0.15, 0.2) is 0 Å². The average molecular weight is 347 g/mol. The molecule has 0 saturated heterocycles. The second-order valence-corrected chi connectivity index (χ2v) is 6.58. The van der Waals surface area contributed by atoms with Gasteiger partial charge in [0.25, 0.3) is 0 Å². The molecule has 2 aromatic carbocycles. The Balaban J connectivity index is 2.33. The Bertz CT molecular complexity index is 836. The molecule has 0 aliphatic heterocycles. The zero-order chi connectivity index (χ0) is 16.6. The van der Waals surface area contributed by atoms with Crippen LogP contribution in [0.15, 0.2) is 54.6 Å². The number of hydrogen-bond acceptors (Lipinski definition) is 2. The lowest BCUT2D eigenvalue weighted by Crippen LogP contribution is -2.17. The number of halogens is 2. The zero-order valence-corrected chi connectivity index (χ0v) is 14.3. The van der Waals surface area contributed by atoms with Crippen molar-refractivity contribution in [2.45, 2.75) is 19.4 Å². The molecule has 0 aliphatic rings. The van der Waals surface area contributed by atoms with Crippen molar-refractivity contribution in [1.82, 2.24) is 9.78 Å². The Hall–Kier alpha value is -1.81. The van der Waals surface area contributed by atoms with Crippen molar-refractivity contribution in [2.24, 2.45) is 0 Å². The molecule has 118 valence electrons. The fourth-order valence-corrected chi connectivity index (χ4v) is 3.11. The Morgan fingerprint density at radius 3 is 2.17 bits per heavy atom. The van der Waals surface area contributed by atoms with Gasteiger partial charge in [-0.2, -0.15) is 5.10 Å². The second-order valence-electron chi connectivity index (χ2n) is 5.80. The molecule has 0 saturated carbocycles. The molecule has 1 N–H and O–H groups in total. The maximum atomic E-state index is 10.4. The zero-order valence-electron chi connectivity index (χ0n) is 12.8. The summed E-state index contributed by atoms with van der Waals surface area (Å²) in [5.41, 5.74) is 1.54. The van der Waals surface area contributed by atoms with Gasteiger partial charge < -0.3 is 5.11 Å². The monoisotopic (exact) mass is 346 g/mol. The van der Waals surface area contributed by atoms with E-state index in [2.05, 4.69) is 5.10 Å². The lowest BCUT2D eigenvalue weighted by Gasteiger charge is -2.14. The lowest BCUT2D eigenvalue weighted by atomic mass is 10.0. The molecule has 0 radical (unpaired) electrons. The molecule has 0 bridgehead atoms. The van der Waals surface area contributed by atoms with E-state index in [1.54, 1.807) is 24.6 Å². The molecule has 0 atom stereocenters. The largest absolute Gasteiger partial charge is 0.384 e. The maximum Gasteiger partial charge on any atom is 0.113 e. The normalized spacial score (nSPS) is 11.7. The Kier molecular flexibility index (Phi) is 4.19. The SMILES string of the molecule is CC(C)(O)c1nn(-c2ccccc2)c(-c2ccccc2Cl)c1Cl. The van der Waals surface area contributed by atoms with Gasteiger partial charge in [-0.25, -0.2) is 4.68 Å². The topological polar surface area (TPSA) is 38.1 Å². The van der Waals surface area contributed by atoms with Crippen LogP contribution in [0.1, 0.15) is 19.5 Å². The van der Waals surface area contributed by atoms with E-state index in [4.69, 9.17) is 23.2 Å². The van der Waals surface area contributed by atoms with Gasteiger partial charge in [0.1, 0.15) is 11.3 Å². The van der Waals surface area contributed by atoms with Crippen LogP contribution in [0.25, 0.3) is 16.9 Å². The minimum atomic E-state index is -1.16. The second kappa shape index (κ2) is 6.00. The molecule has 0 aliphatic carbocycles. The number of aromatic nitrogens is 2. The molecular weight excluding hydrogens is 331 g/mol. The van der Waals surface area contributed by atoms with Gasteiger partial charge in [0.05, 0.1) is 21.4 Å². The summed E-state index contributed by atoms with van der Waals surface area (Å²) in [5, 5.41) is 15.9. The highest BCUT2D eigenvalue weighted by atomic mass is 35.5. The molecule has 1 heterocycles. The van der Waals surface area contributed by atoms with E-state index in [0.29, 0.717) is 21.4 Å². The molecular formula is C18H16Cl2N2O. The van der Waals surface area contributed by atoms with Crippen molar-refractivity contribution in [3.8, 4) is 16.9 Å². The summed E-state index contributed by atoms with van der Waals surface area (Å²) in [6.45, 7) is 3.32. The number of para-hydroxylation sites is 1. The van der Waals surface area contributed by atoms with E-state index in [-0.39, 0.29) is 0 Å². The molecule has 1 aromatic heterocycles. The number of hydrogen-bond donors (Lipinski definition) is 1. The van der Waals surface area contributed by atoms with Gasteiger partial charge in [-0.15, -0.1) is 0 Å². The minimum Gasteiger partial charge on any atom is -0.384 e. The van der Waals surface area contributed by atoms with Crippen molar-refractivity contribution >= 4 is 23.2 Å². The summed E-state index contributed by atoms with van der Waals surface area (Å²) in [6, 6.07) is 17.1. The fourth-order valence-electron chi connectivity index (χ4n) is 2.43. The van der Waals surface area contributed by atoms with E-state index in [1.807, 2.05) is 48.5 Å². The number of rotatable bonds is 3. The van der Waals surface area contributed by atoms with E-state index in [0.717, 1.165) is 11.3 Å². The predicted molar refractivity (Wildman–Crippen MR) is 94.3 cm³/mol. The van der Waals surface area contributed by atoms with E-state index in [9.17, 15) is 5.11 Å². The van der Waals surface area contributed by atoms with Crippen LogP contribution in [-0.4, -0.2) is 14.9 Å². The first-order chi connectivity index (χ1) is 10.9. The third kappa shape index (κ3) is 3.00. The molecule has 23 heavy (non-hydrogen) atoms. The van der Waals surface area contributed by atoms with Crippen molar-refractivity contribution in [3.63, 3.8) is 0 Å². The number of nitrogens with zero attached hydrogens (tertiary/aromatic N) is 2. The van der Waals surface area contributed by atoms with Gasteiger partial charge in [-0.3, -0.25) is 0 Å². The lowest BCUT2D eigenvalue weighted by molar-refractivity contribution is 0.0735. The highest BCUT2D eigenvalue weighted by Crippen LogP contribution is 2.39. The van der Waals surface area contributed by atoms with E-state index < -0.39 is 5.60 Å². The van der Waals surface area contributed by atoms with Gasteiger partial charge in [-0.1, -0.05) is 59.6 Å². The van der Waals surface area contributed by atoms with Gasteiger partial charge in [-0.05, 0) is 32.0 Å². The van der Waals surface area contributed by atoms with Gasteiger partial charge in [0.2, 0.25) is 0 Å². The quantitative estimate of drug-likeness (QED) is 0.718. The Morgan fingerprint density at radius 1 is 0.957 bits per heavy atom. The van der Waals surface area contributed by atoms with E-state index >= 15 is 0 Å². The molecule has 3 nitrogen and oxygen atoms in total. The molecule has 0 fully saturated rings. The fraction of sp³-hybridized carbons (Fsp3) is 0.167. The summed E-state index contributed by atoms with van der Waals surface area (Å²) in [6.07, 6.45) is 0. The van der Waals surface area contributed by atoms with Crippen molar-refractivity contribution in [1.29, 1.82) is 0 Å². The number of benzene rings is 2. The third-order valence-electron chi connectivity index (χ3n) is 3.54. The molecule has 0 unspecified atom stereocenters. The summed E-state index contributed by atoms with van der Waals surface area (Å²) < 4.78 is 1.72. The van der Waals surface area contributed by atoms with Crippen LogP contribution in [0.4, 0.5) is 0 Å². The van der Waals surface area contributed by atoms with Crippen molar-refractivity contribution in [3.05, 3.63) is 70.3 Å². The first-order valence-electron chi connectivity index (χ1n) is 7.21. The van der Waals surface area contributed by atoms with Crippen LogP contribution in [0, 0.1) is 0 Å². The molecule has 0 spiro atoms. The van der Waals surface area contributed by atoms with Crippen molar-refractivity contribution < 1.29 is 5.11 Å².